The number of benzene rings is 2. The number of carbonyl (C=O) groups is 2. The number of fused-ring (bicyclic) bond motifs is 2. The Labute approximate surface area is 440 Å². The van der Waals surface area contributed by atoms with E-state index in [4.69, 9.17) is 9.47 Å². The van der Waals surface area contributed by atoms with Crippen LogP contribution in [0.3, 0.4) is 0 Å². The molecule has 2 saturated carbocycles. The number of thioether (sulfide) groups is 2. The molecular weight excluding hydrogens is 976 g/mol. The highest BCUT2D eigenvalue weighted by Crippen LogP contribution is 2.42. The number of amides is 2. The fourth-order valence-electron chi connectivity index (χ4n) is 12.0. The number of hydrogen-bond donors (Lipinski definition) is 6. The Morgan fingerprint density at radius 3 is 1.74 bits per heavy atom. The zero-order chi connectivity index (χ0) is 51.9. The van der Waals surface area contributed by atoms with Gasteiger partial charge in [-0.05, 0) is 126 Å². The number of para-hydroxylation sites is 1. The number of alkyl halides is 1. The number of hydrogen-bond acceptors (Lipinski definition) is 10. The maximum absolute atomic E-state index is 17.6. The normalized spacial score (nSPS) is 22.5. The lowest BCUT2D eigenvalue weighted by Gasteiger charge is -2.41. The van der Waals surface area contributed by atoms with Crippen LogP contribution in [-0.2, 0) is 42.1 Å². The van der Waals surface area contributed by atoms with Gasteiger partial charge >= 0.3 is 0 Å². The summed E-state index contributed by atoms with van der Waals surface area (Å²) < 4.78 is 32.7. The summed E-state index contributed by atoms with van der Waals surface area (Å²) in [6, 6.07) is 19.2. The molecule has 74 heavy (non-hydrogen) atoms. The molecule has 4 fully saturated rings. The third-order valence-corrected chi connectivity index (χ3v) is 17.9. The van der Waals surface area contributed by atoms with Crippen molar-refractivity contribution in [1.82, 2.24) is 40.4 Å². The Balaban J connectivity index is 1.03. The summed E-state index contributed by atoms with van der Waals surface area (Å²) in [6.07, 6.45) is 10.4. The first kappa shape index (κ1) is 52.3. The lowest BCUT2D eigenvalue weighted by atomic mass is 9.73. The molecule has 0 bridgehead atoms. The fraction of sp³-hybridized carbons (Fsp3) is 0.509. The minimum atomic E-state index is -1.53. The van der Waals surface area contributed by atoms with E-state index in [1.54, 1.807) is 0 Å². The van der Waals surface area contributed by atoms with Gasteiger partial charge in [0.15, 0.2) is 0 Å². The highest BCUT2D eigenvalue weighted by Gasteiger charge is 2.39. The van der Waals surface area contributed by atoms with Crippen molar-refractivity contribution in [2.24, 2.45) is 5.41 Å². The van der Waals surface area contributed by atoms with Crippen molar-refractivity contribution in [2.45, 2.75) is 151 Å². The molecule has 4 aliphatic rings. The molecule has 0 radical (unpaired) electrons. The van der Waals surface area contributed by atoms with Crippen LogP contribution in [0.4, 0.5) is 4.39 Å². The van der Waals surface area contributed by atoms with E-state index < -0.39 is 5.67 Å². The highest BCUT2D eigenvalue weighted by atomic mass is 32.2. The van der Waals surface area contributed by atoms with Crippen LogP contribution in [0.5, 0.6) is 0 Å². The lowest BCUT2D eigenvalue weighted by molar-refractivity contribution is -0.0172. The first-order valence-electron chi connectivity index (χ1n) is 26.3. The van der Waals surface area contributed by atoms with E-state index in [9.17, 15) is 19.2 Å². The Hall–Kier alpha value is -5.17. The smallest absolute Gasteiger partial charge is 0.254 e. The van der Waals surface area contributed by atoms with E-state index in [0.717, 1.165) is 94.3 Å². The summed E-state index contributed by atoms with van der Waals surface area (Å²) in [7, 11) is 0. The molecule has 2 aliphatic heterocycles. The van der Waals surface area contributed by atoms with Gasteiger partial charge in [0.1, 0.15) is 5.67 Å². The monoisotopic (exact) mass is 1050 g/mol. The Morgan fingerprint density at radius 1 is 0.676 bits per heavy atom. The average Bonchev–Trinajstić information content (AvgIpc) is 3.79. The maximum atomic E-state index is 17.6. The number of carbonyl (C=O) groups excluding carboxylic acids is 2. The molecule has 2 aliphatic carbocycles. The summed E-state index contributed by atoms with van der Waals surface area (Å²) in [5, 5.41) is 15.2. The van der Waals surface area contributed by atoms with E-state index in [1.807, 2.05) is 74.2 Å². The summed E-state index contributed by atoms with van der Waals surface area (Å²) in [6.45, 7) is 11.8. The van der Waals surface area contributed by atoms with Gasteiger partial charge in [0.2, 0.25) is 0 Å². The minimum absolute atomic E-state index is 0.00667. The topological polar surface area (TPSA) is 176 Å². The summed E-state index contributed by atoms with van der Waals surface area (Å²) in [5.74, 6) is -0.640. The zero-order valence-electron chi connectivity index (χ0n) is 43.6. The van der Waals surface area contributed by atoms with Crippen LogP contribution in [0, 0.1) is 26.2 Å². The standard InChI is InChI=1S/C57H71FN8O6S2/c1-33-21-48(73-5)43(52(67)61-33)25-59-54(69)50-35(3)65(31-56(4)17-13-37(14-18-56)63-39-27-71-28-39)46-12-11-36(23-42(46)50)24-47-51(55(70)60-26-44-49(74-6)22-34(2)62-53(44)68)41-9-7-8-10-45(41)66(47)32-57(58)19-15-38(16-20-57)64-40-29-72-30-40/h7-12,21-23,37-40,63-64H,13-20,24-32H2,1-6H3,(H,59,69)(H,60,70)(H,61,67)(H,62,68). The second kappa shape index (κ2) is 21.8. The van der Waals surface area contributed by atoms with Gasteiger partial charge in [0, 0.05) is 104 Å². The molecule has 2 saturated heterocycles. The zero-order valence-corrected chi connectivity index (χ0v) is 45.2. The number of pyridine rings is 2. The summed E-state index contributed by atoms with van der Waals surface area (Å²) >= 11 is 2.93. The molecule has 2 aromatic carbocycles. The molecule has 4 aromatic heterocycles. The quantitative estimate of drug-likeness (QED) is 0.0459. The SMILES string of the molecule is CSc1cc(C)[nH]c(=O)c1CNC(=O)c1c(C)n(CC2(C)CCC(NC3COC3)CC2)c2ccc(Cc3c(C(=O)NCc4c(SC)cc(C)[nH]c4=O)c4ccccc4n3CC3(F)CCC(NC4COC4)CC3)cc12. The molecule has 0 atom stereocenters. The maximum Gasteiger partial charge on any atom is 0.254 e. The predicted molar refractivity (Wildman–Crippen MR) is 293 cm³/mol. The van der Waals surface area contributed by atoms with Gasteiger partial charge in [-0.2, -0.15) is 0 Å². The van der Waals surface area contributed by atoms with E-state index in [1.165, 1.54) is 23.5 Å². The fourth-order valence-corrected chi connectivity index (χ4v) is 13.4. The number of aryl methyl sites for hydroxylation is 2. The van der Waals surface area contributed by atoms with Gasteiger partial charge in [-0.15, -0.1) is 23.5 Å². The van der Waals surface area contributed by atoms with Crippen LogP contribution in [0.25, 0.3) is 21.8 Å². The second-order valence-corrected chi connectivity index (χ2v) is 23.5. The van der Waals surface area contributed by atoms with Crippen molar-refractivity contribution in [1.29, 1.82) is 0 Å². The first-order valence-corrected chi connectivity index (χ1v) is 28.7. The van der Waals surface area contributed by atoms with E-state index in [-0.39, 0.29) is 60.4 Å². The number of nitrogens with zero attached hydrogens (tertiary/aromatic N) is 2. The number of rotatable bonds is 18. The van der Waals surface area contributed by atoms with Crippen LogP contribution >= 0.6 is 23.5 Å². The van der Waals surface area contributed by atoms with Crippen LogP contribution in [0.15, 0.2) is 74.0 Å². The number of nitrogens with one attached hydrogen (secondary N) is 6. The second-order valence-electron chi connectivity index (χ2n) is 21.8. The van der Waals surface area contributed by atoms with Gasteiger partial charge in [-0.1, -0.05) is 31.2 Å². The Bertz CT molecular complexity index is 3190. The molecule has 0 spiro atoms. The van der Waals surface area contributed by atoms with E-state index in [0.29, 0.717) is 90.4 Å². The molecule has 6 N–H and O–H groups in total. The van der Waals surface area contributed by atoms with Crippen LogP contribution in [0.1, 0.15) is 118 Å². The number of ether oxygens (including phenoxy) is 2. The largest absolute Gasteiger partial charge is 0.378 e. The predicted octanol–water partition coefficient (Wildman–Crippen LogP) is 8.37. The summed E-state index contributed by atoms with van der Waals surface area (Å²) in [4.78, 5) is 63.7. The molecule has 6 aromatic rings. The molecule has 394 valence electrons. The van der Waals surface area contributed by atoms with Gasteiger partial charge in [0.25, 0.3) is 22.9 Å². The van der Waals surface area contributed by atoms with Crippen molar-refractivity contribution < 1.29 is 23.5 Å². The van der Waals surface area contributed by atoms with E-state index in [2.05, 4.69) is 60.9 Å². The third kappa shape index (κ3) is 10.9. The van der Waals surface area contributed by atoms with Gasteiger partial charge in [-0.3, -0.25) is 19.2 Å². The Morgan fingerprint density at radius 2 is 1.20 bits per heavy atom. The van der Waals surface area contributed by atoms with Gasteiger partial charge in [0.05, 0.1) is 56.2 Å². The van der Waals surface area contributed by atoms with Gasteiger partial charge < -0.3 is 49.8 Å². The van der Waals surface area contributed by atoms with Crippen molar-refractivity contribution in [2.75, 3.05) is 38.9 Å². The summed E-state index contributed by atoms with van der Waals surface area (Å²) in [5.41, 5.74) is 5.43. The van der Waals surface area contributed by atoms with Gasteiger partial charge in [-0.25, -0.2) is 4.39 Å². The average molecular weight is 1050 g/mol. The van der Waals surface area contributed by atoms with E-state index >= 15 is 4.39 Å². The lowest BCUT2D eigenvalue weighted by Crippen LogP contribution is -2.52. The van der Waals surface area contributed by atoms with Crippen molar-refractivity contribution in [3.05, 3.63) is 126 Å². The number of aromatic amines is 2. The number of H-pyrrole nitrogens is 2. The molecule has 10 rings (SSSR count). The van der Waals surface area contributed by atoms with Crippen LogP contribution < -0.4 is 32.4 Å². The van der Waals surface area contributed by atoms with Crippen molar-refractivity contribution >= 4 is 57.1 Å². The molecule has 6 heterocycles. The van der Waals surface area contributed by atoms with Crippen molar-refractivity contribution in [3.8, 4) is 0 Å². The third-order valence-electron chi connectivity index (χ3n) is 16.3. The Kier molecular flexibility index (Phi) is 15.4. The van der Waals surface area contributed by atoms with Crippen molar-refractivity contribution in [3.63, 3.8) is 0 Å². The highest BCUT2D eigenvalue weighted by molar-refractivity contribution is 7.98. The molecule has 0 unspecified atom stereocenters. The molecule has 17 heteroatoms. The van der Waals surface area contributed by atoms with Crippen LogP contribution in [-0.4, -0.2) is 99.7 Å². The van der Waals surface area contributed by atoms with Crippen LogP contribution in [0.2, 0.25) is 0 Å². The number of aromatic nitrogens is 4. The molecule has 2 amide bonds. The minimum Gasteiger partial charge on any atom is -0.378 e. The first-order chi connectivity index (χ1) is 35.6. The number of halogens is 1. The molecular formula is C57H71FN8O6S2. The molecule has 14 nitrogen and oxygen atoms in total.